The van der Waals surface area contributed by atoms with E-state index in [2.05, 4.69) is 10.1 Å². The first-order valence-corrected chi connectivity index (χ1v) is 13.5. The normalized spacial score (nSPS) is 12.0. The number of ether oxygens (including phenoxy) is 1. The molecule has 0 bridgehead atoms. The van der Waals surface area contributed by atoms with E-state index in [0.29, 0.717) is 38.7 Å². The molecule has 0 aliphatic rings. The van der Waals surface area contributed by atoms with E-state index >= 15 is 0 Å². The number of benzene rings is 3. The van der Waals surface area contributed by atoms with Crippen LogP contribution in [-0.2, 0) is 0 Å². The summed E-state index contributed by atoms with van der Waals surface area (Å²) < 4.78 is 8.85. The summed E-state index contributed by atoms with van der Waals surface area (Å²) >= 11 is 1.21. The Morgan fingerprint density at radius 1 is 1.00 bits per heavy atom. The number of hydrogen-bond donors (Lipinski definition) is 0. The molecule has 11 heteroatoms. The first-order valence-electron chi connectivity index (χ1n) is 12.7. The van der Waals surface area contributed by atoms with Gasteiger partial charge < -0.3 is 4.74 Å². The van der Waals surface area contributed by atoms with Gasteiger partial charge in [0.15, 0.2) is 5.82 Å². The van der Waals surface area contributed by atoms with Gasteiger partial charge in [0.2, 0.25) is 4.96 Å². The van der Waals surface area contributed by atoms with Crippen LogP contribution >= 0.6 is 11.3 Å². The van der Waals surface area contributed by atoms with Gasteiger partial charge in [-0.25, -0.2) is 4.68 Å². The van der Waals surface area contributed by atoms with Crippen molar-refractivity contribution in [3.05, 3.63) is 127 Å². The zero-order chi connectivity index (χ0) is 28.3. The highest BCUT2D eigenvalue weighted by atomic mass is 32.1. The predicted octanol–water partition coefficient (Wildman–Crippen LogP) is 5.03. The van der Waals surface area contributed by atoms with Crippen molar-refractivity contribution >= 4 is 40.2 Å². The molecule has 0 saturated carbocycles. The molecule has 0 fully saturated rings. The van der Waals surface area contributed by atoms with Crippen LogP contribution in [0.15, 0.2) is 89.9 Å². The highest BCUT2D eigenvalue weighted by molar-refractivity contribution is 7.15. The van der Waals surface area contributed by atoms with Crippen LogP contribution in [0.1, 0.15) is 23.9 Å². The SMILES string of the molecule is CCOc1ccc(/C=C/c2nc3s/c(=C\c4cn(-c5ccccc5)nc4-c4cccc([N+](=O)[O-])c4)c(=O)n3n2)cc1. The summed E-state index contributed by atoms with van der Waals surface area (Å²) in [6.07, 6.45) is 7.14. The third-order valence-electron chi connectivity index (χ3n) is 6.19. The van der Waals surface area contributed by atoms with E-state index in [1.807, 2.05) is 67.6 Å². The molecule has 0 unspecified atom stereocenters. The van der Waals surface area contributed by atoms with Gasteiger partial charge in [0.05, 0.1) is 21.7 Å². The van der Waals surface area contributed by atoms with Crippen LogP contribution in [0.4, 0.5) is 5.69 Å². The molecule has 0 radical (unpaired) electrons. The molecular weight excluding hydrogens is 540 g/mol. The van der Waals surface area contributed by atoms with E-state index in [0.717, 1.165) is 17.0 Å². The van der Waals surface area contributed by atoms with Gasteiger partial charge in [-0.3, -0.25) is 14.9 Å². The van der Waals surface area contributed by atoms with Crippen LogP contribution < -0.4 is 14.8 Å². The molecule has 0 atom stereocenters. The molecule has 0 amide bonds. The Morgan fingerprint density at radius 2 is 1.80 bits per heavy atom. The second-order valence-electron chi connectivity index (χ2n) is 8.94. The number of nitrogens with zero attached hydrogens (tertiary/aromatic N) is 6. The Morgan fingerprint density at radius 3 is 2.54 bits per heavy atom. The lowest BCUT2D eigenvalue weighted by molar-refractivity contribution is -0.384. The molecule has 3 heterocycles. The lowest BCUT2D eigenvalue weighted by Crippen LogP contribution is -2.23. The summed E-state index contributed by atoms with van der Waals surface area (Å²) in [5.74, 6) is 1.22. The van der Waals surface area contributed by atoms with E-state index in [1.165, 1.54) is 28.0 Å². The van der Waals surface area contributed by atoms with Crippen molar-refractivity contribution in [2.75, 3.05) is 6.61 Å². The molecule has 0 spiro atoms. The first-order chi connectivity index (χ1) is 20.0. The number of aromatic nitrogens is 5. The van der Waals surface area contributed by atoms with Crippen molar-refractivity contribution < 1.29 is 9.66 Å². The minimum absolute atomic E-state index is 0.0446. The van der Waals surface area contributed by atoms with Gasteiger partial charge in [-0.15, -0.1) is 5.10 Å². The Bertz CT molecular complexity index is 2010. The van der Waals surface area contributed by atoms with Crippen LogP contribution in [0.3, 0.4) is 0 Å². The summed E-state index contributed by atoms with van der Waals surface area (Å²) in [5, 5.41) is 20.5. The molecule has 0 saturated heterocycles. The van der Waals surface area contributed by atoms with E-state index in [-0.39, 0.29) is 11.2 Å². The third-order valence-corrected chi connectivity index (χ3v) is 7.15. The van der Waals surface area contributed by atoms with Gasteiger partial charge in [-0.05, 0) is 48.9 Å². The number of nitro benzene ring substituents is 1. The molecule has 3 aromatic heterocycles. The fourth-order valence-electron chi connectivity index (χ4n) is 4.27. The van der Waals surface area contributed by atoms with Gasteiger partial charge in [0.1, 0.15) is 11.4 Å². The van der Waals surface area contributed by atoms with Crippen molar-refractivity contribution in [1.29, 1.82) is 0 Å². The number of para-hydroxylation sites is 1. The van der Waals surface area contributed by atoms with E-state index in [4.69, 9.17) is 9.84 Å². The quantitative estimate of drug-likeness (QED) is 0.189. The summed E-state index contributed by atoms with van der Waals surface area (Å²) in [6, 6.07) is 23.4. The molecule has 0 aliphatic carbocycles. The minimum Gasteiger partial charge on any atom is -0.494 e. The topological polar surface area (TPSA) is 117 Å². The zero-order valence-electron chi connectivity index (χ0n) is 21.7. The lowest BCUT2D eigenvalue weighted by atomic mass is 10.1. The van der Waals surface area contributed by atoms with E-state index < -0.39 is 4.92 Å². The maximum absolute atomic E-state index is 13.3. The number of hydrogen-bond acceptors (Lipinski definition) is 8. The van der Waals surface area contributed by atoms with Crippen molar-refractivity contribution in [3.8, 4) is 22.7 Å². The van der Waals surface area contributed by atoms with Gasteiger partial charge in [-0.1, -0.05) is 59.9 Å². The Balaban J connectivity index is 1.37. The first kappa shape index (κ1) is 25.8. The zero-order valence-corrected chi connectivity index (χ0v) is 22.6. The molecule has 6 aromatic rings. The minimum atomic E-state index is -0.446. The van der Waals surface area contributed by atoms with Crippen molar-refractivity contribution in [2.24, 2.45) is 0 Å². The number of non-ortho nitro benzene ring substituents is 1. The number of thiazole rings is 1. The van der Waals surface area contributed by atoms with Crippen molar-refractivity contribution in [1.82, 2.24) is 24.4 Å². The summed E-state index contributed by atoms with van der Waals surface area (Å²) in [6.45, 7) is 2.54. The Labute approximate surface area is 237 Å². The molecule has 0 aliphatic heterocycles. The third kappa shape index (κ3) is 5.38. The standard InChI is InChI=1S/C30H22N6O4S/c1-2-40-25-14-11-20(12-15-25)13-16-27-31-30-35(32-27)29(37)26(41-30)18-22-19-34(23-8-4-3-5-9-23)33-28(22)21-7-6-10-24(17-21)36(38)39/h3-19H,2H2,1H3/b16-13+,26-18-. The number of fused-ring (bicyclic) bond motifs is 1. The van der Waals surface area contributed by atoms with Crippen LogP contribution in [0, 0.1) is 10.1 Å². The fraction of sp³-hybridized carbons (Fsp3) is 0.0667. The molecular formula is C30H22N6O4S. The highest BCUT2D eigenvalue weighted by Gasteiger charge is 2.16. The maximum Gasteiger partial charge on any atom is 0.291 e. The number of rotatable bonds is 8. The molecule has 10 nitrogen and oxygen atoms in total. The predicted molar refractivity (Wildman–Crippen MR) is 158 cm³/mol. The summed E-state index contributed by atoms with van der Waals surface area (Å²) in [7, 11) is 0. The van der Waals surface area contributed by atoms with Crippen LogP contribution in [-0.4, -0.2) is 35.9 Å². The second kappa shape index (κ2) is 11.0. The lowest BCUT2D eigenvalue weighted by Gasteiger charge is -2.01. The Hall–Kier alpha value is -5.42. The molecule has 202 valence electrons. The smallest absolute Gasteiger partial charge is 0.291 e. The largest absolute Gasteiger partial charge is 0.494 e. The van der Waals surface area contributed by atoms with Crippen LogP contribution in [0.5, 0.6) is 5.75 Å². The van der Waals surface area contributed by atoms with E-state index in [9.17, 15) is 14.9 Å². The summed E-state index contributed by atoms with van der Waals surface area (Å²) in [5.41, 5.74) is 3.11. The van der Waals surface area contributed by atoms with Crippen LogP contribution in [0.2, 0.25) is 0 Å². The van der Waals surface area contributed by atoms with Gasteiger partial charge in [-0.2, -0.15) is 14.6 Å². The van der Waals surface area contributed by atoms with Crippen molar-refractivity contribution in [2.45, 2.75) is 6.92 Å². The van der Waals surface area contributed by atoms with Crippen LogP contribution in [0.25, 0.3) is 40.1 Å². The van der Waals surface area contributed by atoms with Gasteiger partial charge in [0.25, 0.3) is 11.2 Å². The van der Waals surface area contributed by atoms with Gasteiger partial charge >= 0.3 is 0 Å². The Kier molecular flexibility index (Phi) is 6.92. The van der Waals surface area contributed by atoms with E-state index in [1.54, 1.807) is 35.2 Å². The summed E-state index contributed by atoms with van der Waals surface area (Å²) in [4.78, 5) is 29.2. The number of nitro groups is 1. The average molecular weight is 563 g/mol. The highest BCUT2D eigenvalue weighted by Crippen LogP contribution is 2.27. The van der Waals surface area contributed by atoms with Crippen molar-refractivity contribution in [3.63, 3.8) is 0 Å². The second-order valence-corrected chi connectivity index (χ2v) is 9.95. The van der Waals surface area contributed by atoms with Gasteiger partial charge in [0, 0.05) is 29.5 Å². The molecule has 6 rings (SSSR count). The molecule has 0 N–H and O–H groups in total. The average Bonchev–Trinajstić information content (AvgIpc) is 3.68. The molecule has 3 aromatic carbocycles. The monoisotopic (exact) mass is 562 g/mol. The fourth-order valence-corrected chi connectivity index (χ4v) is 5.18. The maximum atomic E-state index is 13.3. The molecule has 41 heavy (non-hydrogen) atoms.